The highest BCUT2D eigenvalue weighted by Crippen LogP contribution is 2.33. The number of fused-ring (bicyclic) bond motifs is 1. The van der Waals surface area contributed by atoms with Crippen molar-refractivity contribution in [2.75, 3.05) is 18.2 Å². The van der Waals surface area contributed by atoms with Crippen molar-refractivity contribution in [3.8, 4) is 5.75 Å². The first-order valence-corrected chi connectivity index (χ1v) is 9.58. The van der Waals surface area contributed by atoms with Gasteiger partial charge in [0.25, 0.3) is 5.56 Å². The molecule has 0 spiro atoms. The SMILES string of the molecule is COc1ccc(C)cc1NC(=O)CC1CSc2nc(C(C)C)cc(=O)n21. The Morgan fingerprint density at radius 1 is 1.42 bits per heavy atom. The van der Waals surface area contributed by atoms with Gasteiger partial charge in [0.2, 0.25) is 5.91 Å². The molecular weight excluding hydrogens is 350 g/mol. The molecule has 1 aliphatic rings. The molecule has 3 rings (SSSR count). The molecule has 26 heavy (non-hydrogen) atoms. The fraction of sp³-hybridized carbons (Fsp3) is 0.421. The van der Waals surface area contributed by atoms with Crippen molar-refractivity contribution in [3.63, 3.8) is 0 Å². The minimum absolute atomic E-state index is 0.0883. The highest BCUT2D eigenvalue weighted by Gasteiger charge is 2.28. The Morgan fingerprint density at radius 3 is 2.88 bits per heavy atom. The molecule has 0 bridgehead atoms. The second kappa shape index (κ2) is 7.53. The van der Waals surface area contributed by atoms with Crippen LogP contribution in [-0.2, 0) is 4.79 Å². The molecule has 138 valence electrons. The van der Waals surface area contributed by atoms with Crippen molar-refractivity contribution >= 4 is 23.4 Å². The Morgan fingerprint density at radius 2 is 2.19 bits per heavy atom. The van der Waals surface area contributed by atoms with Crippen molar-refractivity contribution < 1.29 is 9.53 Å². The highest BCUT2D eigenvalue weighted by molar-refractivity contribution is 7.99. The smallest absolute Gasteiger partial charge is 0.254 e. The molecule has 2 heterocycles. The van der Waals surface area contributed by atoms with Gasteiger partial charge in [-0.05, 0) is 30.5 Å². The Balaban J connectivity index is 1.77. The van der Waals surface area contributed by atoms with E-state index in [1.807, 2.05) is 39.0 Å². The maximum Gasteiger partial charge on any atom is 0.254 e. The fourth-order valence-electron chi connectivity index (χ4n) is 2.95. The number of nitrogens with one attached hydrogen (secondary N) is 1. The summed E-state index contributed by atoms with van der Waals surface area (Å²) < 4.78 is 6.94. The monoisotopic (exact) mass is 373 g/mol. The van der Waals surface area contributed by atoms with Crippen LogP contribution in [0.2, 0.25) is 0 Å². The summed E-state index contributed by atoms with van der Waals surface area (Å²) >= 11 is 1.53. The number of thioether (sulfide) groups is 1. The largest absolute Gasteiger partial charge is 0.495 e. The van der Waals surface area contributed by atoms with Crippen molar-refractivity contribution in [1.29, 1.82) is 0 Å². The fourth-order valence-corrected chi connectivity index (χ4v) is 4.11. The minimum Gasteiger partial charge on any atom is -0.495 e. The van der Waals surface area contributed by atoms with Gasteiger partial charge < -0.3 is 10.1 Å². The highest BCUT2D eigenvalue weighted by atomic mass is 32.2. The van der Waals surface area contributed by atoms with Crippen LogP contribution >= 0.6 is 11.8 Å². The maximum absolute atomic E-state index is 12.5. The van der Waals surface area contributed by atoms with E-state index in [1.54, 1.807) is 17.7 Å². The molecule has 1 atom stereocenters. The molecule has 1 N–H and O–H groups in total. The lowest BCUT2D eigenvalue weighted by Gasteiger charge is -2.15. The van der Waals surface area contributed by atoms with Crippen LogP contribution < -0.4 is 15.6 Å². The molecule has 1 amide bonds. The molecule has 0 saturated carbocycles. The Labute approximate surface area is 157 Å². The summed E-state index contributed by atoms with van der Waals surface area (Å²) in [4.78, 5) is 29.6. The molecule has 0 fully saturated rings. The number of hydrogen-bond acceptors (Lipinski definition) is 5. The summed E-state index contributed by atoms with van der Waals surface area (Å²) in [6.07, 6.45) is 0.222. The van der Waals surface area contributed by atoms with Crippen LogP contribution in [-0.4, -0.2) is 28.3 Å². The quantitative estimate of drug-likeness (QED) is 0.814. The van der Waals surface area contributed by atoms with Crippen LogP contribution in [0.3, 0.4) is 0 Å². The average Bonchev–Trinajstić information content (AvgIpc) is 2.98. The van der Waals surface area contributed by atoms with Crippen molar-refractivity contribution in [2.24, 2.45) is 0 Å². The number of amides is 1. The predicted octanol–water partition coefficient (Wildman–Crippen LogP) is 3.36. The summed E-state index contributed by atoms with van der Waals surface area (Å²) in [5, 5.41) is 3.60. The lowest BCUT2D eigenvalue weighted by atomic mass is 10.1. The summed E-state index contributed by atoms with van der Waals surface area (Å²) in [5.41, 5.74) is 2.38. The van der Waals surface area contributed by atoms with Crippen LogP contribution in [0.15, 0.2) is 34.2 Å². The van der Waals surface area contributed by atoms with Gasteiger partial charge in [0, 0.05) is 18.2 Å². The van der Waals surface area contributed by atoms with Crippen LogP contribution in [0.1, 0.15) is 43.5 Å². The van der Waals surface area contributed by atoms with Gasteiger partial charge in [0.05, 0.1) is 24.5 Å². The van der Waals surface area contributed by atoms with E-state index in [2.05, 4.69) is 10.3 Å². The van der Waals surface area contributed by atoms with E-state index in [-0.39, 0.29) is 29.8 Å². The van der Waals surface area contributed by atoms with E-state index in [9.17, 15) is 9.59 Å². The number of nitrogens with zero attached hydrogens (tertiary/aromatic N) is 2. The van der Waals surface area contributed by atoms with Crippen LogP contribution in [0.5, 0.6) is 5.75 Å². The standard InChI is InChI=1S/C19H23N3O3S/c1-11(2)14-9-18(24)22-13(10-26-19(22)21-14)8-17(23)20-15-7-12(3)5-6-16(15)25-4/h5-7,9,11,13H,8,10H2,1-4H3,(H,20,23). The first kappa shape index (κ1) is 18.5. The van der Waals surface area contributed by atoms with E-state index in [1.165, 1.54) is 11.8 Å². The number of ether oxygens (including phenoxy) is 1. The van der Waals surface area contributed by atoms with Crippen molar-refractivity contribution in [2.45, 2.75) is 44.3 Å². The number of methoxy groups -OCH3 is 1. The number of hydrogen-bond donors (Lipinski definition) is 1. The van der Waals surface area contributed by atoms with Crippen molar-refractivity contribution in [3.05, 3.63) is 45.9 Å². The van der Waals surface area contributed by atoms with Gasteiger partial charge in [-0.3, -0.25) is 14.2 Å². The summed E-state index contributed by atoms with van der Waals surface area (Å²) in [6, 6.07) is 7.02. The Bertz CT molecular complexity index is 892. The molecule has 0 radical (unpaired) electrons. The van der Waals surface area contributed by atoms with Gasteiger partial charge >= 0.3 is 0 Å². The van der Waals surface area contributed by atoms with Gasteiger partial charge in [0.1, 0.15) is 5.75 Å². The molecule has 1 unspecified atom stereocenters. The first-order chi connectivity index (χ1) is 12.4. The lowest BCUT2D eigenvalue weighted by Crippen LogP contribution is -2.28. The Hall–Kier alpha value is -2.28. The summed E-state index contributed by atoms with van der Waals surface area (Å²) in [5.74, 6) is 1.34. The predicted molar refractivity (Wildman–Crippen MR) is 103 cm³/mol. The molecule has 6 nitrogen and oxygen atoms in total. The van der Waals surface area contributed by atoms with Gasteiger partial charge in [-0.25, -0.2) is 4.98 Å². The third-order valence-corrected chi connectivity index (χ3v) is 5.45. The van der Waals surface area contributed by atoms with E-state index < -0.39 is 0 Å². The van der Waals surface area contributed by atoms with E-state index in [4.69, 9.17) is 4.74 Å². The zero-order valence-corrected chi connectivity index (χ0v) is 16.2. The second-order valence-electron chi connectivity index (χ2n) is 6.75. The van der Waals surface area contributed by atoms with E-state index in [0.717, 1.165) is 11.3 Å². The van der Waals surface area contributed by atoms with Crippen LogP contribution in [0.25, 0.3) is 0 Å². The molecule has 1 aromatic carbocycles. The summed E-state index contributed by atoms with van der Waals surface area (Å²) in [6.45, 7) is 5.98. The zero-order valence-electron chi connectivity index (χ0n) is 15.4. The molecule has 7 heteroatoms. The molecular formula is C19H23N3O3S. The second-order valence-corrected chi connectivity index (χ2v) is 7.73. The number of carbonyl (C=O) groups is 1. The third-order valence-electron chi connectivity index (χ3n) is 4.35. The normalized spacial score (nSPS) is 15.8. The number of carbonyl (C=O) groups excluding carboxylic acids is 1. The number of anilines is 1. The average molecular weight is 373 g/mol. The number of benzene rings is 1. The van der Waals surface area contributed by atoms with Crippen LogP contribution in [0.4, 0.5) is 5.69 Å². The molecule has 1 aliphatic heterocycles. The molecule has 0 aliphatic carbocycles. The zero-order chi connectivity index (χ0) is 18.8. The Kier molecular flexibility index (Phi) is 5.36. The number of rotatable bonds is 5. The van der Waals surface area contributed by atoms with Gasteiger partial charge in [-0.2, -0.15) is 0 Å². The minimum atomic E-state index is -0.188. The van der Waals surface area contributed by atoms with Crippen molar-refractivity contribution in [1.82, 2.24) is 9.55 Å². The summed E-state index contributed by atoms with van der Waals surface area (Å²) in [7, 11) is 1.57. The topological polar surface area (TPSA) is 73.2 Å². The lowest BCUT2D eigenvalue weighted by molar-refractivity contribution is -0.116. The maximum atomic E-state index is 12.5. The van der Waals surface area contributed by atoms with Gasteiger partial charge in [0.15, 0.2) is 5.16 Å². The van der Waals surface area contributed by atoms with Crippen LogP contribution in [0, 0.1) is 6.92 Å². The third kappa shape index (κ3) is 3.77. The molecule has 0 saturated heterocycles. The number of aromatic nitrogens is 2. The number of aryl methyl sites for hydroxylation is 1. The molecule has 2 aromatic rings. The molecule has 1 aromatic heterocycles. The van der Waals surface area contributed by atoms with Gasteiger partial charge in [-0.15, -0.1) is 0 Å². The first-order valence-electron chi connectivity index (χ1n) is 8.59. The van der Waals surface area contributed by atoms with E-state index in [0.29, 0.717) is 22.3 Å². The van der Waals surface area contributed by atoms with E-state index >= 15 is 0 Å². The van der Waals surface area contributed by atoms with Gasteiger partial charge in [-0.1, -0.05) is 31.7 Å².